The minimum atomic E-state index is -0.247. The summed E-state index contributed by atoms with van der Waals surface area (Å²) in [5, 5.41) is 7.92. The summed E-state index contributed by atoms with van der Waals surface area (Å²) in [6.45, 7) is 4.66. The Kier molecular flexibility index (Phi) is 6.17. The molecule has 0 radical (unpaired) electrons. The van der Waals surface area contributed by atoms with Gasteiger partial charge in [0, 0.05) is 24.8 Å². The molecular formula is C20H26ClFN4O. The van der Waals surface area contributed by atoms with Gasteiger partial charge in [-0.1, -0.05) is 25.1 Å². The Morgan fingerprint density at radius 1 is 1.30 bits per heavy atom. The zero-order valence-electron chi connectivity index (χ0n) is 15.5. The molecule has 3 unspecified atom stereocenters. The van der Waals surface area contributed by atoms with Crippen LogP contribution in [0.4, 0.5) is 4.39 Å². The quantitative estimate of drug-likeness (QED) is 0.868. The van der Waals surface area contributed by atoms with Crippen LogP contribution in [-0.4, -0.2) is 40.2 Å². The molecule has 3 atom stereocenters. The van der Waals surface area contributed by atoms with E-state index in [1.807, 2.05) is 16.9 Å². The van der Waals surface area contributed by atoms with E-state index >= 15 is 0 Å². The van der Waals surface area contributed by atoms with E-state index in [1.165, 1.54) is 6.07 Å². The lowest BCUT2D eigenvalue weighted by molar-refractivity contribution is 0.0722. The van der Waals surface area contributed by atoms with E-state index in [0.29, 0.717) is 29.8 Å². The van der Waals surface area contributed by atoms with Crippen molar-refractivity contribution in [1.82, 2.24) is 20.0 Å². The van der Waals surface area contributed by atoms with E-state index in [2.05, 4.69) is 17.3 Å². The van der Waals surface area contributed by atoms with Crippen molar-refractivity contribution in [3.63, 3.8) is 0 Å². The summed E-state index contributed by atoms with van der Waals surface area (Å²) in [5.74, 6) is -0.0125. The van der Waals surface area contributed by atoms with Gasteiger partial charge in [-0.05, 0) is 43.9 Å². The van der Waals surface area contributed by atoms with E-state index in [4.69, 9.17) is 0 Å². The van der Waals surface area contributed by atoms with Crippen LogP contribution in [0.2, 0.25) is 0 Å². The Morgan fingerprint density at radius 3 is 2.85 bits per heavy atom. The molecule has 1 amide bonds. The van der Waals surface area contributed by atoms with Gasteiger partial charge in [0.1, 0.15) is 11.5 Å². The number of hydrogen-bond acceptors (Lipinski definition) is 3. The molecule has 0 spiro atoms. The molecule has 0 bridgehead atoms. The molecule has 1 aromatic heterocycles. The van der Waals surface area contributed by atoms with Crippen molar-refractivity contribution in [2.24, 2.45) is 5.92 Å². The maximum absolute atomic E-state index is 14.3. The van der Waals surface area contributed by atoms with Crippen LogP contribution in [0.3, 0.4) is 0 Å². The highest BCUT2D eigenvalue weighted by Gasteiger charge is 2.36. The summed E-state index contributed by atoms with van der Waals surface area (Å²) in [6, 6.07) is 8.62. The average molecular weight is 393 g/mol. The number of amides is 1. The molecule has 5 nitrogen and oxygen atoms in total. The van der Waals surface area contributed by atoms with Crippen molar-refractivity contribution in [3.05, 3.63) is 53.6 Å². The topological polar surface area (TPSA) is 50.2 Å². The number of nitrogens with zero attached hydrogens (tertiary/aromatic N) is 3. The number of carbonyl (C=O) groups excluding carboxylic acids is 1. The second kappa shape index (κ2) is 8.40. The first kappa shape index (κ1) is 19.8. The van der Waals surface area contributed by atoms with Crippen molar-refractivity contribution >= 4 is 18.3 Å². The molecule has 3 heterocycles. The first-order valence-electron chi connectivity index (χ1n) is 9.44. The van der Waals surface area contributed by atoms with Crippen molar-refractivity contribution < 1.29 is 9.18 Å². The molecule has 7 heteroatoms. The molecule has 146 valence electrons. The molecule has 2 fully saturated rings. The number of aromatic nitrogens is 2. The highest BCUT2D eigenvalue weighted by atomic mass is 35.5. The summed E-state index contributed by atoms with van der Waals surface area (Å²) in [4.78, 5) is 14.9. The fourth-order valence-corrected chi connectivity index (χ4v) is 4.17. The second-order valence-electron chi connectivity index (χ2n) is 7.52. The highest BCUT2D eigenvalue weighted by molar-refractivity contribution is 5.92. The predicted octanol–water partition coefficient (Wildman–Crippen LogP) is 3.59. The lowest BCUT2D eigenvalue weighted by Crippen LogP contribution is -2.33. The van der Waals surface area contributed by atoms with Crippen LogP contribution in [0.15, 0.2) is 36.5 Å². The molecule has 0 aliphatic carbocycles. The average Bonchev–Trinajstić information content (AvgIpc) is 3.29. The maximum atomic E-state index is 14.3. The van der Waals surface area contributed by atoms with E-state index in [1.54, 1.807) is 23.1 Å². The zero-order valence-corrected chi connectivity index (χ0v) is 16.3. The molecule has 2 aromatic rings. The number of carbonyl (C=O) groups is 1. The van der Waals surface area contributed by atoms with E-state index < -0.39 is 0 Å². The third kappa shape index (κ3) is 4.01. The first-order valence-corrected chi connectivity index (χ1v) is 9.44. The summed E-state index contributed by atoms with van der Waals surface area (Å²) in [7, 11) is 0. The summed E-state index contributed by atoms with van der Waals surface area (Å²) in [5.41, 5.74) is 1.05. The Hall–Kier alpha value is -1.92. The third-order valence-electron chi connectivity index (χ3n) is 5.51. The van der Waals surface area contributed by atoms with Gasteiger partial charge >= 0.3 is 0 Å². The molecule has 1 aromatic carbocycles. The van der Waals surface area contributed by atoms with Crippen LogP contribution in [0.1, 0.15) is 54.3 Å². The lowest BCUT2D eigenvalue weighted by atomic mass is 10.0. The monoisotopic (exact) mass is 392 g/mol. The van der Waals surface area contributed by atoms with Crippen molar-refractivity contribution in [2.45, 2.75) is 38.3 Å². The standard InChI is InChI=1S/C20H25FN4O.ClH/c1-14-11-19(16-6-2-3-7-17(16)21)24(13-14)20(26)18-8-10-25(23-18)15-5-4-9-22-12-15;/h2-3,6-8,10,14-15,19,22H,4-5,9,11-13H2,1H3;1H. The summed E-state index contributed by atoms with van der Waals surface area (Å²) in [6.07, 6.45) is 4.86. The molecule has 2 saturated heterocycles. The Bertz CT molecular complexity index is 790. The maximum Gasteiger partial charge on any atom is 0.274 e. The largest absolute Gasteiger partial charge is 0.330 e. The fourth-order valence-electron chi connectivity index (χ4n) is 4.17. The van der Waals surface area contributed by atoms with Crippen molar-refractivity contribution in [1.29, 1.82) is 0 Å². The highest BCUT2D eigenvalue weighted by Crippen LogP contribution is 2.37. The number of hydrogen-bond donors (Lipinski definition) is 1. The number of rotatable bonds is 3. The van der Waals surface area contributed by atoms with Crippen molar-refractivity contribution in [3.8, 4) is 0 Å². The second-order valence-corrected chi connectivity index (χ2v) is 7.52. The van der Waals surface area contributed by atoms with Gasteiger partial charge in [0.15, 0.2) is 0 Å². The smallest absolute Gasteiger partial charge is 0.274 e. The van der Waals surface area contributed by atoms with Crippen LogP contribution in [0.25, 0.3) is 0 Å². The van der Waals surface area contributed by atoms with E-state index in [0.717, 1.165) is 32.4 Å². The van der Waals surface area contributed by atoms with Gasteiger partial charge in [-0.15, -0.1) is 12.4 Å². The zero-order chi connectivity index (χ0) is 18.1. The van der Waals surface area contributed by atoms with Gasteiger partial charge in [0.25, 0.3) is 5.91 Å². The van der Waals surface area contributed by atoms with Gasteiger partial charge in [-0.3, -0.25) is 9.48 Å². The van der Waals surface area contributed by atoms with Gasteiger partial charge in [-0.2, -0.15) is 5.10 Å². The molecule has 4 rings (SSSR count). The van der Waals surface area contributed by atoms with Gasteiger partial charge in [0.2, 0.25) is 0 Å². The van der Waals surface area contributed by atoms with Crippen LogP contribution in [-0.2, 0) is 0 Å². The normalized spacial score (nSPS) is 25.3. The Labute approximate surface area is 165 Å². The number of halogens is 2. The number of benzene rings is 1. The molecule has 2 aliphatic rings. The van der Waals surface area contributed by atoms with Gasteiger partial charge < -0.3 is 10.2 Å². The Balaban J connectivity index is 0.00000210. The van der Waals surface area contributed by atoms with Crippen molar-refractivity contribution in [2.75, 3.05) is 19.6 Å². The molecule has 1 N–H and O–H groups in total. The number of nitrogens with one attached hydrogen (secondary N) is 1. The van der Waals surface area contributed by atoms with Crippen LogP contribution in [0, 0.1) is 11.7 Å². The molecule has 27 heavy (non-hydrogen) atoms. The fraction of sp³-hybridized carbons (Fsp3) is 0.500. The minimum absolute atomic E-state index is 0. The predicted molar refractivity (Wildman–Crippen MR) is 105 cm³/mol. The third-order valence-corrected chi connectivity index (χ3v) is 5.51. The Morgan fingerprint density at radius 2 is 2.11 bits per heavy atom. The van der Waals surface area contributed by atoms with E-state index in [-0.39, 0.29) is 30.2 Å². The minimum Gasteiger partial charge on any atom is -0.330 e. The van der Waals surface area contributed by atoms with E-state index in [9.17, 15) is 9.18 Å². The molecule has 0 saturated carbocycles. The SMILES string of the molecule is CC1CC(c2ccccc2F)N(C(=O)c2ccn(C3CCCNC3)n2)C1.Cl. The lowest BCUT2D eigenvalue weighted by Gasteiger charge is -2.25. The van der Waals surface area contributed by atoms with Crippen LogP contribution in [0.5, 0.6) is 0 Å². The summed E-state index contributed by atoms with van der Waals surface area (Å²) >= 11 is 0. The van der Waals surface area contributed by atoms with Crippen LogP contribution >= 0.6 is 12.4 Å². The van der Waals surface area contributed by atoms with Gasteiger partial charge in [-0.25, -0.2) is 4.39 Å². The van der Waals surface area contributed by atoms with Gasteiger partial charge in [0.05, 0.1) is 12.1 Å². The first-order chi connectivity index (χ1) is 12.6. The molecular weight excluding hydrogens is 367 g/mol. The molecule has 2 aliphatic heterocycles. The number of likely N-dealkylation sites (tertiary alicyclic amines) is 1. The van der Waals surface area contributed by atoms with Crippen LogP contribution < -0.4 is 5.32 Å². The summed E-state index contributed by atoms with van der Waals surface area (Å²) < 4.78 is 16.2. The number of piperidine rings is 1.